The van der Waals surface area contributed by atoms with Gasteiger partial charge < -0.3 is 16.0 Å². The van der Waals surface area contributed by atoms with Crippen molar-refractivity contribution in [1.29, 1.82) is 0 Å². The van der Waals surface area contributed by atoms with Crippen LogP contribution in [0, 0.1) is 10.8 Å². The lowest BCUT2D eigenvalue weighted by Crippen LogP contribution is -2.54. The van der Waals surface area contributed by atoms with Crippen molar-refractivity contribution in [2.24, 2.45) is 16.6 Å². The summed E-state index contributed by atoms with van der Waals surface area (Å²) in [5.74, 6) is 0. The number of nitrogens with one attached hydrogen (secondary N) is 1. The third-order valence-corrected chi connectivity index (χ3v) is 3.62. The second-order valence-corrected chi connectivity index (χ2v) is 6.86. The molecule has 3 N–H and O–H groups in total. The van der Waals surface area contributed by atoms with E-state index in [-0.39, 0.29) is 16.9 Å². The topological polar surface area (TPSA) is 41.3 Å². The van der Waals surface area contributed by atoms with Gasteiger partial charge in [-0.1, -0.05) is 34.6 Å². The first-order chi connectivity index (χ1) is 7.23. The molecular weight excluding hydrogens is 198 g/mol. The van der Waals surface area contributed by atoms with Crippen LogP contribution in [-0.4, -0.2) is 43.7 Å². The summed E-state index contributed by atoms with van der Waals surface area (Å²) < 4.78 is 0. The van der Waals surface area contributed by atoms with Crippen molar-refractivity contribution in [3.63, 3.8) is 0 Å². The Labute approximate surface area is 101 Å². The van der Waals surface area contributed by atoms with E-state index in [2.05, 4.69) is 44.8 Å². The van der Waals surface area contributed by atoms with Gasteiger partial charge in [-0.05, 0) is 10.8 Å². The maximum Gasteiger partial charge on any atom is 0.0151 e. The van der Waals surface area contributed by atoms with Crippen LogP contribution >= 0.6 is 0 Å². The molecule has 1 aliphatic rings. The smallest absolute Gasteiger partial charge is 0.0151 e. The molecule has 3 heteroatoms. The van der Waals surface area contributed by atoms with E-state index in [0.29, 0.717) is 0 Å². The van der Waals surface area contributed by atoms with Crippen molar-refractivity contribution in [3.05, 3.63) is 0 Å². The van der Waals surface area contributed by atoms with E-state index in [1.165, 1.54) is 0 Å². The number of hydrogen-bond donors (Lipinski definition) is 2. The average Bonchev–Trinajstić information content (AvgIpc) is 2.16. The summed E-state index contributed by atoms with van der Waals surface area (Å²) in [5, 5.41) is 3.39. The van der Waals surface area contributed by atoms with E-state index in [1.54, 1.807) is 0 Å². The van der Waals surface area contributed by atoms with Crippen LogP contribution < -0.4 is 11.1 Å². The molecule has 0 saturated carbocycles. The van der Waals surface area contributed by atoms with Crippen molar-refractivity contribution in [3.8, 4) is 0 Å². The van der Waals surface area contributed by atoms with Gasteiger partial charge in [-0.15, -0.1) is 0 Å². The second-order valence-electron chi connectivity index (χ2n) is 6.86. The zero-order chi connectivity index (χ0) is 12.4. The van der Waals surface area contributed by atoms with Gasteiger partial charge in [0, 0.05) is 38.8 Å². The molecule has 1 heterocycles. The highest BCUT2D eigenvalue weighted by molar-refractivity contribution is 4.92. The van der Waals surface area contributed by atoms with Gasteiger partial charge in [0.15, 0.2) is 0 Å². The molecule has 1 atom stereocenters. The molecular formula is C13H29N3. The molecule has 0 amide bonds. The third-order valence-electron chi connectivity index (χ3n) is 3.62. The quantitative estimate of drug-likeness (QED) is 0.763. The summed E-state index contributed by atoms with van der Waals surface area (Å²) in [7, 11) is 0. The highest BCUT2D eigenvalue weighted by Gasteiger charge is 2.36. The maximum absolute atomic E-state index is 6.40. The van der Waals surface area contributed by atoms with E-state index >= 15 is 0 Å². The Bertz CT molecular complexity index is 212. The number of nitrogens with zero attached hydrogens (tertiary/aromatic N) is 1. The summed E-state index contributed by atoms with van der Waals surface area (Å²) >= 11 is 0. The molecule has 3 nitrogen and oxygen atoms in total. The Kier molecular flexibility index (Phi) is 4.38. The first-order valence-electron chi connectivity index (χ1n) is 6.42. The van der Waals surface area contributed by atoms with Gasteiger partial charge >= 0.3 is 0 Å². The van der Waals surface area contributed by atoms with E-state index in [1.807, 2.05) is 0 Å². The largest absolute Gasteiger partial charge is 0.327 e. The van der Waals surface area contributed by atoms with E-state index in [9.17, 15) is 0 Å². The SMILES string of the molecule is CC(C)(C)C(N)C(C)(C)CN1CCNCC1. The molecule has 0 spiro atoms. The zero-order valence-electron chi connectivity index (χ0n) is 11.6. The fourth-order valence-electron chi connectivity index (χ4n) is 2.72. The molecule has 0 radical (unpaired) electrons. The van der Waals surface area contributed by atoms with Gasteiger partial charge in [0.25, 0.3) is 0 Å². The number of nitrogens with two attached hydrogens (primary N) is 1. The van der Waals surface area contributed by atoms with Gasteiger partial charge in [-0.2, -0.15) is 0 Å². The minimum absolute atomic E-state index is 0.176. The predicted molar refractivity (Wildman–Crippen MR) is 70.5 cm³/mol. The summed E-state index contributed by atoms with van der Waals surface area (Å²) in [6, 6.07) is 0.231. The van der Waals surface area contributed by atoms with Crippen LogP contribution in [0.25, 0.3) is 0 Å². The minimum atomic E-state index is 0.176. The Morgan fingerprint density at radius 1 is 1.12 bits per heavy atom. The van der Waals surface area contributed by atoms with Crippen LogP contribution in [0.1, 0.15) is 34.6 Å². The Morgan fingerprint density at radius 3 is 2.06 bits per heavy atom. The van der Waals surface area contributed by atoms with Gasteiger partial charge in [-0.25, -0.2) is 0 Å². The molecule has 0 aromatic heterocycles. The van der Waals surface area contributed by atoms with Crippen LogP contribution in [-0.2, 0) is 0 Å². The molecule has 0 aromatic rings. The summed E-state index contributed by atoms with van der Waals surface area (Å²) in [4.78, 5) is 2.53. The number of piperazine rings is 1. The third kappa shape index (κ3) is 3.72. The first-order valence-corrected chi connectivity index (χ1v) is 6.42. The van der Waals surface area contributed by atoms with Crippen LogP contribution in [0.4, 0.5) is 0 Å². The molecule has 1 rings (SSSR count). The van der Waals surface area contributed by atoms with Gasteiger partial charge in [0.05, 0.1) is 0 Å². The van der Waals surface area contributed by atoms with Crippen molar-refractivity contribution in [1.82, 2.24) is 10.2 Å². The molecule has 16 heavy (non-hydrogen) atoms. The second kappa shape index (κ2) is 5.03. The fourth-order valence-corrected chi connectivity index (χ4v) is 2.72. The van der Waals surface area contributed by atoms with E-state index in [0.717, 1.165) is 32.7 Å². The average molecular weight is 227 g/mol. The number of rotatable bonds is 3. The molecule has 0 aliphatic carbocycles. The molecule has 1 saturated heterocycles. The van der Waals surface area contributed by atoms with Crippen molar-refractivity contribution < 1.29 is 0 Å². The van der Waals surface area contributed by atoms with Crippen molar-refractivity contribution >= 4 is 0 Å². The zero-order valence-corrected chi connectivity index (χ0v) is 11.6. The Morgan fingerprint density at radius 2 is 1.62 bits per heavy atom. The predicted octanol–water partition coefficient (Wildman–Crippen LogP) is 1.29. The van der Waals surface area contributed by atoms with Gasteiger partial charge in [0.1, 0.15) is 0 Å². The highest BCUT2D eigenvalue weighted by Crippen LogP contribution is 2.32. The van der Waals surface area contributed by atoms with Crippen LogP contribution in [0.5, 0.6) is 0 Å². The van der Waals surface area contributed by atoms with Gasteiger partial charge in [0.2, 0.25) is 0 Å². The Hall–Kier alpha value is -0.120. The van der Waals surface area contributed by atoms with E-state index < -0.39 is 0 Å². The fraction of sp³-hybridized carbons (Fsp3) is 1.00. The molecule has 0 aromatic carbocycles. The monoisotopic (exact) mass is 227 g/mol. The van der Waals surface area contributed by atoms with Crippen LogP contribution in [0.3, 0.4) is 0 Å². The summed E-state index contributed by atoms with van der Waals surface area (Å²) in [6.07, 6.45) is 0. The highest BCUT2D eigenvalue weighted by atomic mass is 15.2. The van der Waals surface area contributed by atoms with Crippen LogP contribution in [0.15, 0.2) is 0 Å². The normalized spacial score (nSPS) is 22.1. The van der Waals surface area contributed by atoms with Crippen molar-refractivity contribution in [2.75, 3.05) is 32.7 Å². The van der Waals surface area contributed by atoms with Crippen LogP contribution in [0.2, 0.25) is 0 Å². The lowest BCUT2D eigenvalue weighted by molar-refractivity contribution is 0.0932. The van der Waals surface area contributed by atoms with Crippen molar-refractivity contribution in [2.45, 2.75) is 40.7 Å². The minimum Gasteiger partial charge on any atom is -0.327 e. The first kappa shape index (κ1) is 13.9. The van der Waals surface area contributed by atoms with E-state index in [4.69, 9.17) is 5.73 Å². The molecule has 1 aliphatic heterocycles. The Balaban J connectivity index is 2.55. The summed E-state index contributed by atoms with van der Waals surface area (Å²) in [6.45, 7) is 16.9. The summed E-state index contributed by atoms with van der Waals surface area (Å²) in [5.41, 5.74) is 6.76. The molecule has 0 bridgehead atoms. The standard InChI is InChI=1S/C13H29N3/c1-12(2,3)11(14)13(4,5)10-16-8-6-15-7-9-16/h11,15H,6-10,14H2,1-5H3. The molecule has 1 unspecified atom stereocenters. The number of hydrogen-bond acceptors (Lipinski definition) is 3. The van der Waals surface area contributed by atoms with Gasteiger partial charge in [-0.3, -0.25) is 0 Å². The molecule has 96 valence electrons. The maximum atomic E-state index is 6.40. The lowest BCUT2D eigenvalue weighted by Gasteiger charge is -2.43. The lowest BCUT2D eigenvalue weighted by atomic mass is 9.71. The molecule has 1 fully saturated rings.